The molecule has 0 saturated carbocycles. The van der Waals surface area contributed by atoms with Crippen molar-refractivity contribution >= 4 is 0 Å². The van der Waals surface area contributed by atoms with E-state index in [1.54, 1.807) is 0 Å². The molecule has 11 heavy (non-hydrogen) atoms. The van der Waals surface area contributed by atoms with Crippen molar-refractivity contribution in [3.8, 4) is 0 Å². The Hall–Kier alpha value is -0.300. The number of hydrogen-bond acceptors (Lipinski definition) is 1. The van der Waals surface area contributed by atoms with Gasteiger partial charge in [0.05, 0.1) is 0 Å². The zero-order valence-electron chi connectivity index (χ0n) is 7.22. The van der Waals surface area contributed by atoms with Gasteiger partial charge in [0.1, 0.15) is 0 Å². The third kappa shape index (κ3) is 1.34. The molecule has 0 aromatic carbocycles. The monoisotopic (exact) mass is 151 g/mol. The molecule has 0 amide bonds. The Labute approximate surface area is 68.9 Å². The predicted molar refractivity (Wildman–Crippen MR) is 47.4 cm³/mol. The van der Waals surface area contributed by atoms with Gasteiger partial charge in [-0.05, 0) is 43.7 Å². The summed E-state index contributed by atoms with van der Waals surface area (Å²) in [5.41, 5.74) is 0. The summed E-state index contributed by atoms with van der Waals surface area (Å²) in [6.07, 6.45) is 7.45. The van der Waals surface area contributed by atoms with Gasteiger partial charge in [-0.1, -0.05) is 19.1 Å². The minimum absolute atomic E-state index is 0.829. The molecule has 62 valence electrons. The highest BCUT2D eigenvalue weighted by molar-refractivity contribution is 5.00. The van der Waals surface area contributed by atoms with E-state index in [0.29, 0.717) is 0 Å². The van der Waals surface area contributed by atoms with E-state index < -0.39 is 0 Å². The van der Waals surface area contributed by atoms with Gasteiger partial charge in [0.15, 0.2) is 0 Å². The van der Waals surface area contributed by atoms with Crippen LogP contribution in [-0.2, 0) is 0 Å². The van der Waals surface area contributed by atoms with Gasteiger partial charge >= 0.3 is 0 Å². The van der Waals surface area contributed by atoms with Crippen molar-refractivity contribution in [3.05, 3.63) is 12.2 Å². The second-order valence-electron chi connectivity index (χ2n) is 3.94. The lowest BCUT2D eigenvalue weighted by Crippen LogP contribution is -2.40. The van der Waals surface area contributed by atoms with E-state index in [1.165, 1.54) is 25.9 Å². The van der Waals surface area contributed by atoms with Crippen molar-refractivity contribution < 1.29 is 0 Å². The molecule has 3 atom stereocenters. The summed E-state index contributed by atoms with van der Waals surface area (Å²) < 4.78 is 0. The molecular weight excluding hydrogens is 134 g/mol. The predicted octanol–water partition coefficient (Wildman–Crippen LogP) is 1.81. The minimum Gasteiger partial charge on any atom is -0.316 e. The summed E-state index contributed by atoms with van der Waals surface area (Å²) in [4.78, 5) is 0. The van der Waals surface area contributed by atoms with Gasteiger partial charge < -0.3 is 5.32 Å². The van der Waals surface area contributed by atoms with Gasteiger partial charge in [-0.3, -0.25) is 0 Å². The number of allylic oxidation sites excluding steroid dienone is 2. The molecule has 1 aliphatic heterocycles. The largest absolute Gasteiger partial charge is 0.316 e. The van der Waals surface area contributed by atoms with E-state index in [-0.39, 0.29) is 0 Å². The van der Waals surface area contributed by atoms with Crippen LogP contribution in [-0.4, -0.2) is 13.1 Å². The molecule has 1 N–H and O–H groups in total. The van der Waals surface area contributed by atoms with Crippen LogP contribution >= 0.6 is 0 Å². The molecule has 1 fully saturated rings. The normalized spacial score (nSPS) is 43.5. The van der Waals surface area contributed by atoms with Crippen molar-refractivity contribution in [2.75, 3.05) is 13.1 Å². The van der Waals surface area contributed by atoms with Crippen molar-refractivity contribution in [2.45, 2.75) is 19.8 Å². The third-order valence-electron chi connectivity index (χ3n) is 3.22. The maximum absolute atomic E-state index is 3.47. The van der Waals surface area contributed by atoms with Gasteiger partial charge in [0.25, 0.3) is 0 Å². The second kappa shape index (κ2) is 2.98. The van der Waals surface area contributed by atoms with Gasteiger partial charge in [-0.25, -0.2) is 0 Å². The van der Waals surface area contributed by atoms with Gasteiger partial charge in [-0.2, -0.15) is 0 Å². The van der Waals surface area contributed by atoms with Crippen LogP contribution in [0.5, 0.6) is 0 Å². The summed E-state index contributed by atoms with van der Waals surface area (Å²) in [5, 5.41) is 3.47. The van der Waals surface area contributed by atoms with E-state index in [0.717, 1.165) is 17.8 Å². The minimum atomic E-state index is 0.829. The molecule has 1 heterocycles. The first kappa shape index (κ1) is 7.35. The number of piperidine rings is 1. The molecule has 1 aliphatic carbocycles. The van der Waals surface area contributed by atoms with Gasteiger partial charge in [0, 0.05) is 0 Å². The summed E-state index contributed by atoms with van der Waals surface area (Å²) in [7, 11) is 0. The maximum Gasteiger partial charge on any atom is -0.00147 e. The smallest absolute Gasteiger partial charge is 0.00147 e. The van der Waals surface area contributed by atoms with Crippen LogP contribution in [0.15, 0.2) is 12.2 Å². The molecule has 2 aliphatic rings. The zero-order chi connectivity index (χ0) is 7.68. The highest BCUT2D eigenvalue weighted by Gasteiger charge is 2.29. The van der Waals surface area contributed by atoms with Crippen LogP contribution in [0, 0.1) is 17.8 Å². The Kier molecular flexibility index (Phi) is 1.99. The number of rotatable bonds is 0. The number of nitrogens with one attached hydrogen (secondary N) is 1. The van der Waals surface area contributed by atoms with Crippen molar-refractivity contribution in [3.63, 3.8) is 0 Å². The SMILES string of the molecule is CC1C=CCC2CNCCC12. The molecule has 0 bridgehead atoms. The lowest BCUT2D eigenvalue weighted by Gasteiger charge is -2.37. The zero-order valence-corrected chi connectivity index (χ0v) is 7.22. The fraction of sp³-hybridized carbons (Fsp3) is 0.800. The molecule has 0 aromatic rings. The van der Waals surface area contributed by atoms with E-state index in [1.807, 2.05) is 0 Å². The Balaban J connectivity index is 2.08. The quantitative estimate of drug-likeness (QED) is 0.521. The van der Waals surface area contributed by atoms with E-state index in [4.69, 9.17) is 0 Å². The average molecular weight is 151 g/mol. The molecule has 0 radical (unpaired) electrons. The van der Waals surface area contributed by atoms with Crippen LogP contribution in [0.25, 0.3) is 0 Å². The van der Waals surface area contributed by atoms with Crippen LogP contribution in [0.3, 0.4) is 0 Å². The maximum atomic E-state index is 3.47. The standard InChI is InChI=1S/C10H17N/c1-8-3-2-4-9-7-11-6-5-10(8)9/h2-3,8-11H,4-7H2,1H3. The summed E-state index contributed by atoms with van der Waals surface area (Å²) in [5.74, 6) is 2.74. The second-order valence-corrected chi connectivity index (χ2v) is 3.94. The first-order chi connectivity index (χ1) is 5.38. The van der Waals surface area contributed by atoms with Crippen LogP contribution in [0.4, 0.5) is 0 Å². The Morgan fingerprint density at radius 3 is 3.18 bits per heavy atom. The molecule has 1 nitrogen and oxygen atoms in total. The van der Waals surface area contributed by atoms with E-state index in [9.17, 15) is 0 Å². The molecule has 3 unspecified atom stereocenters. The molecule has 0 spiro atoms. The van der Waals surface area contributed by atoms with Gasteiger partial charge in [-0.15, -0.1) is 0 Å². The summed E-state index contributed by atoms with van der Waals surface area (Å²) in [6, 6.07) is 0. The van der Waals surface area contributed by atoms with E-state index in [2.05, 4.69) is 24.4 Å². The molecule has 1 saturated heterocycles. The highest BCUT2D eigenvalue weighted by atomic mass is 14.9. The van der Waals surface area contributed by atoms with Crippen molar-refractivity contribution in [1.29, 1.82) is 0 Å². The summed E-state index contributed by atoms with van der Waals surface area (Å²) in [6.45, 7) is 4.84. The first-order valence-electron chi connectivity index (χ1n) is 4.75. The fourth-order valence-corrected chi connectivity index (χ4v) is 2.50. The molecular formula is C10H17N. The molecule has 2 rings (SSSR count). The van der Waals surface area contributed by atoms with Crippen molar-refractivity contribution in [1.82, 2.24) is 5.32 Å². The van der Waals surface area contributed by atoms with Crippen molar-refractivity contribution in [2.24, 2.45) is 17.8 Å². The highest BCUT2D eigenvalue weighted by Crippen LogP contribution is 2.33. The molecule has 1 heteroatoms. The topological polar surface area (TPSA) is 12.0 Å². The molecule has 0 aromatic heterocycles. The number of hydrogen-bond donors (Lipinski definition) is 1. The van der Waals surface area contributed by atoms with Crippen LogP contribution in [0.2, 0.25) is 0 Å². The average Bonchev–Trinajstić information content (AvgIpc) is 2.06. The fourth-order valence-electron chi connectivity index (χ4n) is 2.50. The third-order valence-corrected chi connectivity index (χ3v) is 3.22. The Morgan fingerprint density at radius 1 is 1.45 bits per heavy atom. The Bertz CT molecular complexity index is 162. The van der Waals surface area contributed by atoms with Crippen LogP contribution in [0.1, 0.15) is 19.8 Å². The lowest BCUT2D eigenvalue weighted by atomic mass is 9.73. The summed E-state index contributed by atoms with van der Waals surface area (Å²) >= 11 is 0. The van der Waals surface area contributed by atoms with Gasteiger partial charge in [0.2, 0.25) is 0 Å². The lowest BCUT2D eigenvalue weighted by molar-refractivity contribution is 0.200. The Morgan fingerprint density at radius 2 is 2.36 bits per heavy atom. The first-order valence-corrected chi connectivity index (χ1v) is 4.75. The van der Waals surface area contributed by atoms with E-state index >= 15 is 0 Å². The number of fused-ring (bicyclic) bond motifs is 1. The van der Waals surface area contributed by atoms with Crippen LogP contribution < -0.4 is 5.32 Å².